The highest BCUT2D eigenvalue weighted by Gasteiger charge is 2.31. The summed E-state index contributed by atoms with van der Waals surface area (Å²) in [4.78, 5) is 16.0. The molecule has 0 bridgehead atoms. The predicted molar refractivity (Wildman–Crippen MR) is 107 cm³/mol. The lowest BCUT2D eigenvalue weighted by Gasteiger charge is -2.26. The van der Waals surface area contributed by atoms with Crippen molar-refractivity contribution in [2.24, 2.45) is 16.6 Å². The van der Waals surface area contributed by atoms with E-state index in [-0.39, 0.29) is 17.6 Å². The Bertz CT molecular complexity index is 846. The van der Waals surface area contributed by atoms with Crippen LogP contribution in [0, 0.1) is 11.7 Å². The molecule has 2 unspecified atom stereocenters. The third-order valence-electron chi connectivity index (χ3n) is 4.82. The molecule has 0 fully saturated rings. The first kappa shape index (κ1) is 18.8. The van der Waals surface area contributed by atoms with Gasteiger partial charge >= 0.3 is 0 Å². The maximum Gasteiger partial charge on any atom is 0.220 e. The van der Waals surface area contributed by atoms with Gasteiger partial charge in [0.15, 0.2) is 0 Å². The molecule has 0 spiro atoms. The number of nitrogens with two attached hydrogens (primary N) is 1. The zero-order chi connectivity index (χ0) is 19.3. The van der Waals surface area contributed by atoms with Crippen LogP contribution in [0.5, 0.6) is 0 Å². The zero-order valence-electron chi connectivity index (χ0n) is 15.4. The number of hydrogen-bond donors (Lipinski definition) is 2. The molecule has 2 atom stereocenters. The van der Waals surface area contributed by atoms with Crippen molar-refractivity contribution >= 4 is 17.8 Å². The van der Waals surface area contributed by atoms with Crippen LogP contribution in [0.25, 0.3) is 0 Å². The van der Waals surface area contributed by atoms with Crippen molar-refractivity contribution in [2.75, 3.05) is 5.32 Å². The minimum absolute atomic E-state index is 0.231. The fourth-order valence-electron chi connectivity index (χ4n) is 3.33. The highest BCUT2D eigenvalue weighted by atomic mass is 19.1. The Labute approximate surface area is 159 Å². The van der Waals surface area contributed by atoms with E-state index in [0.717, 1.165) is 16.8 Å². The van der Waals surface area contributed by atoms with Gasteiger partial charge in [-0.2, -0.15) is 0 Å². The van der Waals surface area contributed by atoms with E-state index in [0.29, 0.717) is 19.4 Å². The van der Waals surface area contributed by atoms with Crippen LogP contribution in [0.4, 0.5) is 10.1 Å². The van der Waals surface area contributed by atoms with Gasteiger partial charge in [0, 0.05) is 30.8 Å². The Balaban J connectivity index is 1.63. The summed E-state index contributed by atoms with van der Waals surface area (Å²) in [5.74, 6) is -0.774. The van der Waals surface area contributed by atoms with E-state index in [9.17, 15) is 9.18 Å². The SMILES string of the molecule is CC(CC1(Cc2ccc(NCc3cccc(F)c3)cc2)C=CC=N1)C(N)=O. The van der Waals surface area contributed by atoms with Crippen LogP contribution in [0.1, 0.15) is 24.5 Å². The van der Waals surface area contributed by atoms with Gasteiger partial charge in [-0.05, 0) is 47.9 Å². The van der Waals surface area contributed by atoms with E-state index in [2.05, 4.69) is 10.3 Å². The largest absolute Gasteiger partial charge is 0.381 e. The number of primary amides is 1. The Morgan fingerprint density at radius 1 is 1.22 bits per heavy atom. The molecular weight excluding hydrogens is 341 g/mol. The second kappa shape index (κ2) is 8.16. The molecule has 0 aliphatic carbocycles. The van der Waals surface area contributed by atoms with Gasteiger partial charge in [-0.15, -0.1) is 0 Å². The molecule has 0 radical (unpaired) electrons. The fraction of sp³-hybridized carbons (Fsp3) is 0.273. The number of hydrogen-bond acceptors (Lipinski definition) is 3. The van der Waals surface area contributed by atoms with Crippen molar-refractivity contribution in [3.63, 3.8) is 0 Å². The zero-order valence-corrected chi connectivity index (χ0v) is 15.4. The number of aliphatic imine (C=N–C) groups is 1. The number of benzene rings is 2. The number of anilines is 1. The van der Waals surface area contributed by atoms with E-state index in [1.165, 1.54) is 12.1 Å². The van der Waals surface area contributed by atoms with E-state index >= 15 is 0 Å². The second-order valence-electron chi connectivity index (χ2n) is 7.11. The molecule has 3 rings (SSSR count). The first-order chi connectivity index (χ1) is 13.0. The lowest BCUT2D eigenvalue weighted by atomic mass is 9.83. The van der Waals surface area contributed by atoms with E-state index in [4.69, 9.17) is 5.73 Å². The summed E-state index contributed by atoms with van der Waals surface area (Å²) in [6.07, 6.45) is 7.05. The van der Waals surface area contributed by atoms with Crippen LogP contribution in [-0.4, -0.2) is 17.7 Å². The Hall–Kier alpha value is -2.95. The van der Waals surface area contributed by atoms with Crippen molar-refractivity contribution in [1.29, 1.82) is 0 Å². The molecule has 1 amide bonds. The van der Waals surface area contributed by atoms with E-state index in [1.54, 1.807) is 12.3 Å². The summed E-state index contributed by atoms with van der Waals surface area (Å²) in [6.45, 7) is 2.40. The van der Waals surface area contributed by atoms with Crippen LogP contribution in [0.3, 0.4) is 0 Å². The van der Waals surface area contributed by atoms with Crippen molar-refractivity contribution in [1.82, 2.24) is 0 Å². The second-order valence-corrected chi connectivity index (χ2v) is 7.11. The summed E-state index contributed by atoms with van der Waals surface area (Å²) in [6, 6.07) is 14.7. The topological polar surface area (TPSA) is 67.5 Å². The summed E-state index contributed by atoms with van der Waals surface area (Å²) < 4.78 is 13.2. The molecule has 1 aliphatic rings. The molecule has 0 aromatic heterocycles. The van der Waals surface area contributed by atoms with E-state index in [1.807, 2.05) is 49.4 Å². The number of halogens is 1. The summed E-state index contributed by atoms with van der Waals surface area (Å²) in [7, 11) is 0. The van der Waals surface area contributed by atoms with Crippen molar-refractivity contribution in [2.45, 2.75) is 31.8 Å². The fourth-order valence-corrected chi connectivity index (χ4v) is 3.33. The number of rotatable bonds is 8. The van der Waals surface area contributed by atoms with Crippen molar-refractivity contribution in [3.8, 4) is 0 Å². The summed E-state index contributed by atoms with van der Waals surface area (Å²) in [5.41, 5.74) is 8.01. The number of carbonyl (C=O) groups excluding carboxylic acids is 1. The normalized spacial score (nSPS) is 19.2. The monoisotopic (exact) mass is 365 g/mol. The van der Waals surface area contributed by atoms with Crippen LogP contribution >= 0.6 is 0 Å². The number of amides is 1. The van der Waals surface area contributed by atoms with Crippen LogP contribution in [0.2, 0.25) is 0 Å². The minimum atomic E-state index is -0.412. The molecule has 0 saturated heterocycles. The van der Waals surface area contributed by atoms with Gasteiger partial charge in [0.2, 0.25) is 5.91 Å². The molecule has 2 aromatic carbocycles. The average molecular weight is 365 g/mol. The number of allylic oxidation sites excluding steroid dienone is 1. The van der Waals surface area contributed by atoms with Gasteiger partial charge in [0.1, 0.15) is 5.82 Å². The Morgan fingerprint density at radius 2 is 2.00 bits per heavy atom. The molecule has 3 N–H and O–H groups in total. The van der Waals surface area contributed by atoms with Crippen LogP contribution in [0.15, 0.2) is 65.7 Å². The van der Waals surface area contributed by atoms with Gasteiger partial charge in [-0.25, -0.2) is 4.39 Å². The van der Waals surface area contributed by atoms with Crippen molar-refractivity contribution < 1.29 is 9.18 Å². The molecule has 0 saturated carbocycles. The average Bonchev–Trinajstić information content (AvgIpc) is 3.09. The molecule has 2 aromatic rings. The standard InChI is InChI=1S/C22H24FN3O/c1-16(21(24)27)13-22(10-3-11-26-22)14-17-6-8-20(9-7-17)25-15-18-4-2-5-19(23)12-18/h2-12,16,25H,13-15H2,1H3,(H2,24,27). The summed E-state index contributed by atoms with van der Waals surface area (Å²) in [5, 5.41) is 3.29. The number of nitrogens with zero attached hydrogens (tertiary/aromatic N) is 1. The van der Waals surface area contributed by atoms with Gasteiger partial charge in [-0.1, -0.05) is 37.3 Å². The molecular formula is C22H24FN3O. The van der Waals surface area contributed by atoms with Gasteiger partial charge in [-0.3, -0.25) is 9.79 Å². The molecule has 1 aliphatic heterocycles. The minimum Gasteiger partial charge on any atom is -0.381 e. The number of nitrogens with one attached hydrogen (secondary N) is 1. The van der Waals surface area contributed by atoms with E-state index < -0.39 is 5.54 Å². The lowest BCUT2D eigenvalue weighted by Crippen LogP contribution is -2.33. The Kier molecular flexibility index (Phi) is 5.69. The smallest absolute Gasteiger partial charge is 0.220 e. The third-order valence-corrected chi connectivity index (χ3v) is 4.82. The molecule has 1 heterocycles. The van der Waals surface area contributed by atoms with Gasteiger partial charge in [0.25, 0.3) is 0 Å². The lowest BCUT2D eigenvalue weighted by molar-refractivity contribution is -0.121. The first-order valence-corrected chi connectivity index (χ1v) is 9.05. The van der Waals surface area contributed by atoms with Gasteiger partial charge in [0.05, 0.1) is 5.54 Å². The molecule has 4 nitrogen and oxygen atoms in total. The van der Waals surface area contributed by atoms with Crippen LogP contribution in [-0.2, 0) is 17.8 Å². The predicted octanol–water partition coefficient (Wildman–Crippen LogP) is 3.87. The molecule has 5 heteroatoms. The van der Waals surface area contributed by atoms with Crippen LogP contribution < -0.4 is 11.1 Å². The molecule has 27 heavy (non-hydrogen) atoms. The highest BCUT2D eigenvalue weighted by Crippen LogP contribution is 2.30. The maximum absolute atomic E-state index is 13.2. The third kappa shape index (κ3) is 5.03. The van der Waals surface area contributed by atoms with Crippen molar-refractivity contribution in [3.05, 3.63) is 77.6 Å². The summed E-state index contributed by atoms with van der Waals surface area (Å²) >= 11 is 0. The Morgan fingerprint density at radius 3 is 2.63 bits per heavy atom. The first-order valence-electron chi connectivity index (χ1n) is 9.05. The van der Waals surface area contributed by atoms with Gasteiger partial charge < -0.3 is 11.1 Å². The maximum atomic E-state index is 13.2. The highest BCUT2D eigenvalue weighted by molar-refractivity contribution is 5.78. The molecule has 140 valence electrons. The quantitative estimate of drug-likeness (QED) is 0.746. The number of carbonyl (C=O) groups is 1.